The van der Waals surface area contributed by atoms with Gasteiger partial charge in [0.25, 0.3) is 0 Å². The van der Waals surface area contributed by atoms with Crippen molar-refractivity contribution in [2.24, 2.45) is 0 Å². The van der Waals surface area contributed by atoms with Crippen molar-refractivity contribution < 1.29 is 0 Å². The SMILES string of the molecule is CC(NC1CC(c2ccc(Br)cc2)C1)c1ccsc1. The maximum atomic E-state index is 3.73. The van der Waals surface area contributed by atoms with Crippen LogP contribution in [0.15, 0.2) is 45.6 Å². The van der Waals surface area contributed by atoms with Crippen LogP contribution in [0.4, 0.5) is 0 Å². The summed E-state index contributed by atoms with van der Waals surface area (Å²) in [4.78, 5) is 0. The number of halogens is 1. The molecular weight excluding hydrogens is 318 g/mol. The molecule has 1 aliphatic rings. The van der Waals surface area contributed by atoms with Crippen molar-refractivity contribution in [1.82, 2.24) is 5.32 Å². The molecule has 1 nitrogen and oxygen atoms in total. The van der Waals surface area contributed by atoms with E-state index in [9.17, 15) is 0 Å². The van der Waals surface area contributed by atoms with Crippen molar-refractivity contribution in [3.63, 3.8) is 0 Å². The van der Waals surface area contributed by atoms with Crippen LogP contribution >= 0.6 is 27.3 Å². The molecule has 1 aliphatic carbocycles. The zero-order chi connectivity index (χ0) is 13.2. The zero-order valence-corrected chi connectivity index (χ0v) is 13.4. The van der Waals surface area contributed by atoms with Crippen molar-refractivity contribution in [2.45, 2.75) is 37.8 Å². The fourth-order valence-electron chi connectivity index (χ4n) is 2.73. The normalized spacial score (nSPS) is 23.9. The van der Waals surface area contributed by atoms with Crippen LogP contribution in [-0.2, 0) is 0 Å². The molecule has 3 heteroatoms. The van der Waals surface area contributed by atoms with Gasteiger partial charge in [0.1, 0.15) is 0 Å². The lowest BCUT2D eigenvalue weighted by atomic mass is 9.75. The highest BCUT2D eigenvalue weighted by atomic mass is 79.9. The molecule has 2 aromatic rings. The van der Waals surface area contributed by atoms with Crippen molar-refractivity contribution in [2.75, 3.05) is 0 Å². The predicted molar refractivity (Wildman–Crippen MR) is 85.8 cm³/mol. The lowest BCUT2D eigenvalue weighted by Crippen LogP contribution is -2.41. The standard InChI is InChI=1S/C16H18BrNS/c1-11(13-6-7-19-10-13)18-16-8-14(9-16)12-2-4-15(17)5-3-12/h2-7,10-11,14,16,18H,8-9H2,1H3. The quantitative estimate of drug-likeness (QED) is 0.818. The Labute approximate surface area is 127 Å². The summed E-state index contributed by atoms with van der Waals surface area (Å²) in [7, 11) is 0. The van der Waals surface area contributed by atoms with Crippen LogP contribution in [0.25, 0.3) is 0 Å². The molecule has 1 fully saturated rings. The van der Waals surface area contributed by atoms with Crippen molar-refractivity contribution in [3.05, 3.63) is 56.7 Å². The van der Waals surface area contributed by atoms with Crippen molar-refractivity contribution in [1.29, 1.82) is 0 Å². The maximum Gasteiger partial charge on any atom is 0.0302 e. The number of hydrogen-bond donors (Lipinski definition) is 1. The molecule has 1 saturated carbocycles. The molecule has 1 atom stereocenters. The minimum absolute atomic E-state index is 0.474. The van der Waals surface area contributed by atoms with Crippen molar-refractivity contribution >= 4 is 27.3 Å². The monoisotopic (exact) mass is 335 g/mol. The number of benzene rings is 1. The van der Waals surface area contributed by atoms with E-state index < -0.39 is 0 Å². The first-order chi connectivity index (χ1) is 9.22. The van der Waals surface area contributed by atoms with Gasteiger partial charge in [0, 0.05) is 16.6 Å². The Morgan fingerprint density at radius 1 is 1.21 bits per heavy atom. The number of hydrogen-bond acceptors (Lipinski definition) is 2. The van der Waals surface area contributed by atoms with Gasteiger partial charge in [0.15, 0.2) is 0 Å². The fraction of sp³-hybridized carbons (Fsp3) is 0.375. The highest BCUT2D eigenvalue weighted by Gasteiger charge is 2.31. The summed E-state index contributed by atoms with van der Waals surface area (Å²) in [5.74, 6) is 0.736. The van der Waals surface area contributed by atoms with Crippen LogP contribution < -0.4 is 5.32 Å². The summed E-state index contributed by atoms with van der Waals surface area (Å²) in [6.45, 7) is 2.26. The second-order valence-electron chi connectivity index (χ2n) is 5.36. The molecule has 0 bridgehead atoms. The molecule has 0 saturated heterocycles. The summed E-state index contributed by atoms with van der Waals surface area (Å²) in [6.07, 6.45) is 2.52. The molecule has 1 aromatic heterocycles. The van der Waals surface area contributed by atoms with Crippen LogP contribution in [0.2, 0.25) is 0 Å². The Kier molecular flexibility index (Phi) is 4.06. The minimum atomic E-state index is 0.474. The van der Waals surface area contributed by atoms with Crippen LogP contribution in [0.3, 0.4) is 0 Å². The molecule has 100 valence electrons. The molecule has 3 rings (SSSR count). The van der Waals surface area contributed by atoms with E-state index in [4.69, 9.17) is 0 Å². The third-order valence-corrected chi connectivity index (χ3v) is 5.24. The molecule has 19 heavy (non-hydrogen) atoms. The Hall–Kier alpha value is -0.640. The molecule has 0 spiro atoms. The van der Waals surface area contributed by atoms with E-state index in [0.29, 0.717) is 12.1 Å². The van der Waals surface area contributed by atoms with E-state index in [1.54, 1.807) is 11.3 Å². The van der Waals surface area contributed by atoms with Gasteiger partial charge in [-0.3, -0.25) is 0 Å². The minimum Gasteiger partial charge on any atom is -0.307 e. The summed E-state index contributed by atoms with van der Waals surface area (Å²) >= 11 is 5.26. The van der Waals surface area contributed by atoms with E-state index in [2.05, 4.69) is 69.3 Å². The summed E-state index contributed by atoms with van der Waals surface area (Å²) < 4.78 is 1.16. The zero-order valence-electron chi connectivity index (χ0n) is 11.0. The lowest BCUT2D eigenvalue weighted by molar-refractivity contribution is 0.271. The van der Waals surface area contributed by atoms with Gasteiger partial charge in [-0.2, -0.15) is 11.3 Å². The van der Waals surface area contributed by atoms with E-state index in [1.807, 2.05) is 0 Å². The molecular formula is C16H18BrNS. The van der Waals surface area contributed by atoms with Crippen LogP contribution in [0.5, 0.6) is 0 Å². The summed E-state index contributed by atoms with van der Waals surface area (Å²) in [5, 5.41) is 8.12. The number of rotatable bonds is 4. The number of thiophene rings is 1. The summed E-state index contributed by atoms with van der Waals surface area (Å²) in [5.41, 5.74) is 2.89. The highest BCUT2D eigenvalue weighted by molar-refractivity contribution is 9.10. The van der Waals surface area contributed by atoms with E-state index in [1.165, 1.54) is 24.0 Å². The first kappa shape index (κ1) is 13.3. The second-order valence-corrected chi connectivity index (χ2v) is 7.06. The van der Waals surface area contributed by atoms with Crippen LogP contribution in [0.1, 0.15) is 42.9 Å². The van der Waals surface area contributed by atoms with Gasteiger partial charge in [0.05, 0.1) is 0 Å². The largest absolute Gasteiger partial charge is 0.307 e. The molecule has 0 amide bonds. The average molecular weight is 336 g/mol. The molecule has 1 heterocycles. The molecule has 1 aromatic carbocycles. The van der Waals surface area contributed by atoms with E-state index in [0.717, 1.165) is 10.4 Å². The Morgan fingerprint density at radius 2 is 1.95 bits per heavy atom. The smallest absolute Gasteiger partial charge is 0.0302 e. The van der Waals surface area contributed by atoms with Gasteiger partial charge < -0.3 is 5.32 Å². The lowest BCUT2D eigenvalue weighted by Gasteiger charge is -2.38. The topological polar surface area (TPSA) is 12.0 Å². The van der Waals surface area contributed by atoms with Gasteiger partial charge in [0.2, 0.25) is 0 Å². The fourth-order valence-corrected chi connectivity index (χ4v) is 3.75. The Morgan fingerprint density at radius 3 is 2.58 bits per heavy atom. The summed E-state index contributed by atoms with van der Waals surface area (Å²) in [6, 6.07) is 12.1. The third kappa shape index (κ3) is 3.10. The maximum absolute atomic E-state index is 3.73. The molecule has 1 N–H and O–H groups in total. The van der Waals surface area contributed by atoms with Gasteiger partial charge in [-0.1, -0.05) is 28.1 Å². The van der Waals surface area contributed by atoms with Crippen LogP contribution in [0, 0.1) is 0 Å². The first-order valence-electron chi connectivity index (χ1n) is 6.76. The molecule has 1 unspecified atom stereocenters. The van der Waals surface area contributed by atoms with E-state index >= 15 is 0 Å². The number of nitrogens with one attached hydrogen (secondary N) is 1. The van der Waals surface area contributed by atoms with Gasteiger partial charge in [-0.05, 0) is 65.8 Å². The van der Waals surface area contributed by atoms with Crippen molar-refractivity contribution in [3.8, 4) is 0 Å². The van der Waals surface area contributed by atoms with Gasteiger partial charge in [-0.15, -0.1) is 0 Å². The highest BCUT2D eigenvalue weighted by Crippen LogP contribution is 2.38. The van der Waals surface area contributed by atoms with Crippen LogP contribution in [-0.4, -0.2) is 6.04 Å². The van der Waals surface area contributed by atoms with Gasteiger partial charge in [-0.25, -0.2) is 0 Å². The third-order valence-electron chi connectivity index (χ3n) is 4.01. The van der Waals surface area contributed by atoms with Gasteiger partial charge >= 0.3 is 0 Å². The molecule has 0 radical (unpaired) electrons. The Bertz CT molecular complexity index is 514. The van der Waals surface area contributed by atoms with E-state index in [-0.39, 0.29) is 0 Å². The average Bonchev–Trinajstić information content (AvgIpc) is 2.88. The Balaban J connectivity index is 1.51. The predicted octanol–water partition coefficient (Wildman–Crippen LogP) is 5.11. The first-order valence-corrected chi connectivity index (χ1v) is 8.49. The molecule has 0 aliphatic heterocycles. The second kappa shape index (κ2) is 5.78.